The first-order valence-electron chi connectivity index (χ1n) is 7.08. The molecule has 0 radical (unpaired) electrons. The molecule has 6 nitrogen and oxygen atoms in total. The molecule has 0 saturated carbocycles. The average Bonchev–Trinajstić information content (AvgIpc) is 2.39. The number of carbonyl (C=O) groups excluding carboxylic acids is 1. The third kappa shape index (κ3) is 4.34. The molecule has 6 heteroatoms. The molecular weight excluding hydrogens is 270 g/mol. The Morgan fingerprint density at radius 1 is 1.57 bits per heavy atom. The molecule has 1 fully saturated rings. The maximum Gasteiger partial charge on any atom is 0.238 e. The van der Waals surface area contributed by atoms with E-state index in [0.717, 1.165) is 19.4 Å². The van der Waals surface area contributed by atoms with Gasteiger partial charge in [-0.1, -0.05) is 0 Å². The Balaban J connectivity index is 1.92. The van der Waals surface area contributed by atoms with Gasteiger partial charge >= 0.3 is 0 Å². The van der Waals surface area contributed by atoms with Gasteiger partial charge in [-0.25, -0.2) is 0 Å². The summed E-state index contributed by atoms with van der Waals surface area (Å²) >= 11 is 0. The Hall–Kier alpha value is -1.79. The summed E-state index contributed by atoms with van der Waals surface area (Å²) in [5, 5.41) is 12.8. The Morgan fingerprint density at radius 3 is 2.95 bits per heavy atom. The molecule has 1 aromatic carbocycles. The Labute approximate surface area is 124 Å². The van der Waals surface area contributed by atoms with Crippen molar-refractivity contribution in [2.75, 3.05) is 37.8 Å². The Morgan fingerprint density at radius 2 is 2.33 bits per heavy atom. The monoisotopic (exact) mass is 293 g/mol. The number of nitrogens with zero attached hydrogens (tertiary/aromatic N) is 1. The van der Waals surface area contributed by atoms with Crippen LogP contribution >= 0.6 is 0 Å². The number of ether oxygens (including phenoxy) is 1. The van der Waals surface area contributed by atoms with E-state index < -0.39 is 5.60 Å². The van der Waals surface area contributed by atoms with Crippen molar-refractivity contribution in [3.63, 3.8) is 0 Å². The highest BCUT2D eigenvalue weighted by atomic mass is 16.5. The lowest BCUT2D eigenvalue weighted by atomic mass is 9.95. The largest absolute Gasteiger partial charge is 0.497 e. The number of nitrogens with one attached hydrogen (secondary N) is 1. The molecule has 0 bridgehead atoms. The molecule has 1 saturated heterocycles. The van der Waals surface area contributed by atoms with E-state index in [0.29, 0.717) is 23.7 Å². The summed E-state index contributed by atoms with van der Waals surface area (Å²) in [5.74, 6) is 0.516. The van der Waals surface area contributed by atoms with Gasteiger partial charge in [-0.3, -0.25) is 9.69 Å². The number of benzene rings is 1. The van der Waals surface area contributed by atoms with Crippen LogP contribution < -0.4 is 15.8 Å². The first-order chi connectivity index (χ1) is 9.89. The number of β-amino-alcohol motifs (C(OH)–C–C–N with tert-alkyl or cyclic N) is 1. The molecule has 0 spiro atoms. The van der Waals surface area contributed by atoms with E-state index in [2.05, 4.69) is 5.32 Å². The summed E-state index contributed by atoms with van der Waals surface area (Å²) in [6.45, 7) is 3.39. The van der Waals surface area contributed by atoms with Crippen LogP contribution in [-0.2, 0) is 4.79 Å². The normalized spacial score (nSPS) is 22.8. The topological polar surface area (TPSA) is 87.8 Å². The van der Waals surface area contributed by atoms with E-state index in [1.807, 2.05) is 4.90 Å². The minimum absolute atomic E-state index is 0.135. The minimum atomic E-state index is -0.711. The number of hydrogen-bond acceptors (Lipinski definition) is 5. The van der Waals surface area contributed by atoms with Crippen LogP contribution in [0.2, 0.25) is 0 Å². The molecule has 1 aliphatic heterocycles. The van der Waals surface area contributed by atoms with Crippen molar-refractivity contribution in [2.24, 2.45) is 0 Å². The van der Waals surface area contributed by atoms with Crippen LogP contribution in [0.1, 0.15) is 19.8 Å². The molecule has 1 aliphatic rings. The third-order valence-electron chi connectivity index (χ3n) is 3.65. The lowest BCUT2D eigenvalue weighted by Gasteiger charge is -2.36. The first-order valence-corrected chi connectivity index (χ1v) is 7.08. The van der Waals surface area contributed by atoms with Crippen LogP contribution in [0.25, 0.3) is 0 Å². The lowest BCUT2D eigenvalue weighted by molar-refractivity contribution is -0.118. The van der Waals surface area contributed by atoms with Crippen LogP contribution in [0.5, 0.6) is 5.75 Å². The number of carbonyl (C=O) groups is 1. The third-order valence-corrected chi connectivity index (χ3v) is 3.65. The fourth-order valence-electron chi connectivity index (χ4n) is 2.63. The minimum Gasteiger partial charge on any atom is -0.497 e. The first kappa shape index (κ1) is 15.6. The number of nitrogen functional groups attached to an aromatic ring is 1. The predicted molar refractivity (Wildman–Crippen MR) is 82.3 cm³/mol. The molecule has 21 heavy (non-hydrogen) atoms. The van der Waals surface area contributed by atoms with E-state index >= 15 is 0 Å². The van der Waals surface area contributed by atoms with E-state index in [9.17, 15) is 9.90 Å². The Kier molecular flexibility index (Phi) is 4.69. The van der Waals surface area contributed by atoms with Gasteiger partial charge in [0.25, 0.3) is 0 Å². The van der Waals surface area contributed by atoms with Gasteiger partial charge in [0.1, 0.15) is 5.75 Å². The number of anilines is 2. The molecule has 1 unspecified atom stereocenters. The number of hydrogen-bond donors (Lipinski definition) is 3. The standard InChI is InChI=1S/C15H23N3O3/c1-15(20)6-3-7-18(10-15)9-14(19)17-13-5-4-11(21-2)8-12(13)16/h4-5,8,20H,3,6-7,9-10,16H2,1-2H3,(H,17,19). The zero-order valence-corrected chi connectivity index (χ0v) is 12.6. The zero-order valence-electron chi connectivity index (χ0n) is 12.6. The number of likely N-dealkylation sites (tertiary alicyclic amines) is 1. The van der Waals surface area contributed by atoms with Gasteiger partial charge in [-0.2, -0.15) is 0 Å². The summed E-state index contributed by atoms with van der Waals surface area (Å²) < 4.78 is 5.07. The number of amides is 1. The fourth-order valence-corrected chi connectivity index (χ4v) is 2.63. The van der Waals surface area contributed by atoms with Gasteiger partial charge in [0.2, 0.25) is 5.91 Å². The molecule has 1 amide bonds. The number of nitrogens with two attached hydrogens (primary N) is 1. The molecule has 116 valence electrons. The van der Waals surface area contributed by atoms with Crippen LogP contribution in [0.4, 0.5) is 11.4 Å². The summed E-state index contributed by atoms with van der Waals surface area (Å²) in [4.78, 5) is 14.0. The van der Waals surface area contributed by atoms with Crippen molar-refractivity contribution in [1.29, 1.82) is 0 Å². The summed E-state index contributed by atoms with van der Waals surface area (Å²) in [7, 11) is 1.56. The zero-order chi connectivity index (χ0) is 15.5. The van der Waals surface area contributed by atoms with E-state index in [4.69, 9.17) is 10.5 Å². The van der Waals surface area contributed by atoms with Gasteiger partial charge in [-0.15, -0.1) is 0 Å². The molecule has 1 heterocycles. The van der Waals surface area contributed by atoms with Gasteiger partial charge < -0.3 is 20.9 Å². The molecule has 1 atom stereocenters. The maximum absolute atomic E-state index is 12.1. The lowest BCUT2D eigenvalue weighted by Crippen LogP contribution is -2.48. The summed E-state index contributed by atoms with van der Waals surface area (Å²) in [5.41, 5.74) is 6.20. The molecule has 1 aromatic rings. The second-order valence-electron chi connectivity index (χ2n) is 5.81. The van der Waals surface area contributed by atoms with Crippen molar-refractivity contribution in [3.05, 3.63) is 18.2 Å². The average molecular weight is 293 g/mol. The highest BCUT2D eigenvalue weighted by Gasteiger charge is 2.29. The van der Waals surface area contributed by atoms with E-state index in [1.54, 1.807) is 32.2 Å². The highest BCUT2D eigenvalue weighted by Crippen LogP contribution is 2.24. The maximum atomic E-state index is 12.1. The van der Waals surface area contributed by atoms with Crippen molar-refractivity contribution >= 4 is 17.3 Å². The fraction of sp³-hybridized carbons (Fsp3) is 0.533. The summed E-state index contributed by atoms with van der Waals surface area (Å²) in [6.07, 6.45) is 1.67. The molecule has 0 aliphatic carbocycles. The van der Waals surface area contributed by atoms with E-state index in [1.165, 1.54) is 0 Å². The molecule has 0 aromatic heterocycles. The SMILES string of the molecule is COc1ccc(NC(=O)CN2CCCC(C)(O)C2)c(N)c1. The van der Waals surface area contributed by atoms with Gasteiger partial charge in [-0.05, 0) is 38.4 Å². The van der Waals surface area contributed by atoms with Gasteiger partial charge in [0, 0.05) is 12.6 Å². The molecule has 4 N–H and O–H groups in total. The number of piperidine rings is 1. The number of rotatable bonds is 4. The molecule has 2 rings (SSSR count). The second kappa shape index (κ2) is 6.32. The number of methoxy groups -OCH3 is 1. The van der Waals surface area contributed by atoms with Crippen molar-refractivity contribution in [1.82, 2.24) is 4.90 Å². The quantitative estimate of drug-likeness (QED) is 0.723. The van der Waals surface area contributed by atoms with Crippen molar-refractivity contribution in [3.8, 4) is 5.75 Å². The van der Waals surface area contributed by atoms with Crippen LogP contribution in [0, 0.1) is 0 Å². The van der Waals surface area contributed by atoms with Gasteiger partial charge in [0.05, 0.1) is 30.6 Å². The van der Waals surface area contributed by atoms with Crippen LogP contribution in [0.15, 0.2) is 18.2 Å². The Bertz CT molecular complexity index is 517. The highest BCUT2D eigenvalue weighted by molar-refractivity contribution is 5.95. The number of aliphatic hydroxyl groups is 1. The molecular formula is C15H23N3O3. The summed E-state index contributed by atoms with van der Waals surface area (Å²) in [6, 6.07) is 5.14. The van der Waals surface area contributed by atoms with Crippen LogP contribution in [0.3, 0.4) is 0 Å². The predicted octanol–water partition coefficient (Wildman–Crippen LogP) is 1.06. The van der Waals surface area contributed by atoms with Crippen molar-refractivity contribution < 1.29 is 14.6 Å². The van der Waals surface area contributed by atoms with E-state index in [-0.39, 0.29) is 12.5 Å². The van der Waals surface area contributed by atoms with Gasteiger partial charge in [0.15, 0.2) is 0 Å². The second-order valence-corrected chi connectivity index (χ2v) is 5.81. The van der Waals surface area contributed by atoms with Crippen molar-refractivity contribution in [2.45, 2.75) is 25.4 Å². The smallest absolute Gasteiger partial charge is 0.238 e. The van der Waals surface area contributed by atoms with Crippen LogP contribution in [-0.4, -0.2) is 48.3 Å².